The van der Waals surface area contributed by atoms with Crippen LogP contribution >= 0.6 is 0 Å². The van der Waals surface area contributed by atoms with E-state index in [1.165, 1.54) is 11.1 Å². The van der Waals surface area contributed by atoms with Crippen molar-refractivity contribution in [2.75, 3.05) is 13.2 Å². The van der Waals surface area contributed by atoms with Gasteiger partial charge in [0.15, 0.2) is 0 Å². The molecule has 3 rings (SSSR count). The number of hydrogen-bond acceptors (Lipinski definition) is 3. The molecule has 110 valence electrons. The van der Waals surface area contributed by atoms with Crippen molar-refractivity contribution in [1.29, 1.82) is 0 Å². The Balaban J connectivity index is 1.82. The van der Waals surface area contributed by atoms with Gasteiger partial charge in [-0.1, -0.05) is 13.0 Å². The van der Waals surface area contributed by atoms with Crippen molar-refractivity contribution in [3.63, 3.8) is 0 Å². The Morgan fingerprint density at radius 3 is 2.85 bits per heavy atom. The van der Waals surface area contributed by atoms with Gasteiger partial charge in [-0.15, -0.1) is 0 Å². The fraction of sp³-hybridized carbons (Fsp3) is 0.647. The van der Waals surface area contributed by atoms with Crippen LogP contribution in [-0.2, 0) is 4.74 Å². The van der Waals surface area contributed by atoms with Crippen molar-refractivity contribution < 1.29 is 9.84 Å². The minimum Gasteiger partial charge on any atom is -0.508 e. The predicted molar refractivity (Wildman–Crippen MR) is 80.1 cm³/mol. The van der Waals surface area contributed by atoms with Crippen LogP contribution in [0.15, 0.2) is 12.1 Å². The van der Waals surface area contributed by atoms with Crippen LogP contribution in [0, 0.1) is 12.8 Å². The van der Waals surface area contributed by atoms with E-state index >= 15 is 0 Å². The molecule has 4 unspecified atom stereocenters. The standard InChI is InChI=1S/C17H25NO2/c1-10-4-5-15(19)17-14(8-11(2)16(10)17)18-12(3)13-6-7-20-9-13/h4-5,11-14,18-19H,6-9H2,1-3H3. The lowest BCUT2D eigenvalue weighted by atomic mass is 9.97. The molecule has 20 heavy (non-hydrogen) atoms. The summed E-state index contributed by atoms with van der Waals surface area (Å²) in [4.78, 5) is 0. The summed E-state index contributed by atoms with van der Waals surface area (Å²) in [5.74, 6) is 1.56. The molecule has 1 heterocycles. The molecular formula is C17H25NO2. The summed E-state index contributed by atoms with van der Waals surface area (Å²) in [6, 6.07) is 4.57. The molecule has 2 aliphatic rings. The number of rotatable bonds is 3. The van der Waals surface area contributed by atoms with Crippen LogP contribution in [0.1, 0.15) is 55.3 Å². The molecule has 0 saturated carbocycles. The number of aromatic hydroxyl groups is 1. The van der Waals surface area contributed by atoms with Crippen LogP contribution in [0.3, 0.4) is 0 Å². The number of phenols is 1. The third-order valence-corrected chi connectivity index (χ3v) is 5.05. The molecular weight excluding hydrogens is 250 g/mol. The summed E-state index contributed by atoms with van der Waals surface area (Å²) in [5.41, 5.74) is 3.77. The highest BCUT2D eigenvalue weighted by atomic mass is 16.5. The minimum absolute atomic E-state index is 0.274. The molecule has 3 heteroatoms. The molecule has 1 aromatic rings. The Morgan fingerprint density at radius 1 is 1.35 bits per heavy atom. The topological polar surface area (TPSA) is 41.5 Å². The second kappa shape index (κ2) is 5.38. The monoisotopic (exact) mass is 275 g/mol. The Bertz CT molecular complexity index is 494. The largest absolute Gasteiger partial charge is 0.508 e. The first kappa shape index (κ1) is 13.9. The number of phenolic OH excluding ortho intramolecular Hbond substituents is 1. The molecule has 4 atom stereocenters. The molecule has 0 radical (unpaired) electrons. The molecule has 1 aromatic carbocycles. The third kappa shape index (κ3) is 2.33. The minimum atomic E-state index is 0.274. The summed E-state index contributed by atoms with van der Waals surface area (Å²) in [6.45, 7) is 8.40. The van der Waals surface area contributed by atoms with Crippen LogP contribution in [0.5, 0.6) is 5.75 Å². The lowest BCUT2D eigenvalue weighted by Crippen LogP contribution is -2.36. The van der Waals surface area contributed by atoms with Crippen molar-refractivity contribution in [3.8, 4) is 5.75 Å². The maximum Gasteiger partial charge on any atom is 0.120 e. The molecule has 1 saturated heterocycles. The summed E-state index contributed by atoms with van der Waals surface area (Å²) in [7, 11) is 0. The van der Waals surface area contributed by atoms with Crippen LogP contribution in [0.4, 0.5) is 0 Å². The number of hydrogen-bond donors (Lipinski definition) is 2. The normalized spacial score (nSPS) is 30.4. The molecule has 0 bridgehead atoms. The van der Waals surface area contributed by atoms with Crippen molar-refractivity contribution in [3.05, 3.63) is 28.8 Å². The summed E-state index contributed by atoms with van der Waals surface area (Å²) in [6.07, 6.45) is 2.22. The van der Waals surface area contributed by atoms with E-state index in [4.69, 9.17) is 4.74 Å². The first-order chi connectivity index (χ1) is 9.58. The van der Waals surface area contributed by atoms with Gasteiger partial charge in [0.2, 0.25) is 0 Å². The fourth-order valence-electron chi connectivity index (χ4n) is 3.90. The predicted octanol–water partition coefficient (Wildman–Crippen LogP) is 3.26. The SMILES string of the molecule is Cc1ccc(O)c2c1C(C)CC2NC(C)C1CCOC1. The quantitative estimate of drug-likeness (QED) is 0.889. The van der Waals surface area contributed by atoms with Gasteiger partial charge in [0.25, 0.3) is 0 Å². The number of ether oxygens (including phenoxy) is 1. The Hall–Kier alpha value is -1.06. The number of nitrogens with one attached hydrogen (secondary N) is 1. The highest BCUT2D eigenvalue weighted by Gasteiger charge is 2.34. The number of fused-ring (bicyclic) bond motifs is 1. The van der Waals surface area contributed by atoms with E-state index in [2.05, 4.69) is 26.1 Å². The lowest BCUT2D eigenvalue weighted by Gasteiger charge is -2.25. The van der Waals surface area contributed by atoms with E-state index in [9.17, 15) is 5.11 Å². The molecule has 3 nitrogen and oxygen atoms in total. The van der Waals surface area contributed by atoms with Gasteiger partial charge >= 0.3 is 0 Å². The van der Waals surface area contributed by atoms with Gasteiger partial charge in [-0.05, 0) is 55.7 Å². The van der Waals surface area contributed by atoms with Crippen molar-refractivity contribution in [1.82, 2.24) is 5.32 Å². The summed E-state index contributed by atoms with van der Waals surface area (Å²) >= 11 is 0. The molecule has 0 amide bonds. The smallest absolute Gasteiger partial charge is 0.120 e. The second-order valence-electron chi connectivity index (χ2n) is 6.50. The highest BCUT2D eigenvalue weighted by molar-refractivity contribution is 5.50. The van der Waals surface area contributed by atoms with E-state index in [-0.39, 0.29) is 6.04 Å². The lowest BCUT2D eigenvalue weighted by molar-refractivity contribution is 0.176. The van der Waals surface area contributed by atoms with E-state index in [1.54, 1.807) is 0 Å². The van der Waals surface area contributed by atoms with E-state index < -0.39 is 0 Å². The Labute approximate surface area is 121 Å². The van der Waals surface area contributed by atoms with Gasteiger partial charge in [0.1, 0.15) is 5.75 Å². The Morgan fingerprint density at radius 2 is 2.15 bits per heavy atom. The van der Waals surface area contributed by atoms with Crippen molar-refractivity contribution in [2.24, 2.45) is 5.92 Å². The van der Waals surface area contributed by atoms with E-state index in [1.807, 2.05) is 12.1 Å². The molecule has 1 aliphatic heterocycles. The van der Waals surface area contributed by atoms with Gasteiger partial charge in [0, 0.05) is 24.3 Å². The van der Waals surface area contributed by atoms with Crippen LogP contribution < -0.4 is 5.32 Å². The number of aryl methyl sites for hydroxylation is 1. The van der Waals surface area contributed by atoms with Gasteiger partial charge in [-0.2, -0.15) is 0 Å². The molecule has 0 aromatic heterocycles. The first-order valence-electron chi connectivity index (χ1n) is 7.74. The average molecular weight is 275 g/mol. The zero-order valence-corrected chi connectivity index (χ0v) is 12.6. The van der Waals surface area contributed by atoms with E-state index in [0.717, 1.165) is 31.6 Å². The molecule has 2 N–H and O–H groups in total. The van der Waals surface area contributed by atoms with Gasteiger partial charge < -0.3 is 15.2 Å². The average Bonchev–Trinajstić information content (AvgIpc) is 3.03. The van der Waals surface area contributed by atoms with Gasteiger partial charge in [0.05, 0.1) is 6.61 Å². The van der Waals surface area contributed by atoms with Gasteiger partial charge in [-0.25, -0.2) is 0 Å². The first-order valence-corrected chi connectivity index (χ1v) is 7.74. The molecule has 1 fully saturated rings. The van der Waals surface area contributed by atoms with Crippen LogP contribution in [0.2, 0.25) is 0 Å². The Kier molecular flexibility index (Phi) is 3.74. The van der Waals surface area contributed by atoms with E-state index in [0.29, 0.717) is 23.6 Å². The highest BCUT2D eigenvalue weighted by Crippen LogP contribution is 2.46. The summed E-state index contributed by atoms with van der Waals surface area (Å²) in [5, 5.41) is 14.0. The zero-order chi connectivity index (χ0) is 14.3. The zero-order valence-electron chi connectivity index (χ0n) is 12.6. The molecule has 0 spiro atoms. The maximum atomic E-state index is 10.3. The van der Waals surface area contributed by atoms with Crippen LogP contribution in [-0.4, -0.2) is 24.4 Å². The third-order valence-electron chi connectivity index (χ3n) is 5.05. The summed E-state index contributed by atoms with van der Waals surface area (Å²) < 4.78 is 5.49. The van der Waals surface area contributed by atoms with Crippen LogP contribution in [0.25, 0.3) is 0 Å². The second-order valence-corrected chi connectivity index (χ2v) is 6.50. The molecule has 1 aliphatic carbocycles. The van der Waals surface area contributed by atoms with Crippen molar-refractivity contribution in [2.45, 2.75) is 51.6 Å². The fourth-order valence-corrected chi connectivity index (χ4v) is 3.90. The number of benzene rings is 1. The van der Waals surface area contributed by atoms with Gasteiger partial charge in [-0.3, -0.25) is 0 Å². The maximum absolute atomic E-state index is 10.3. The van der Waals surface area contributed by atoms with Crippen molar-refractivity contribution >= 4 is 0 Å².